The van der Waals surface area contributed by atoms with Gasteiger partial charge in [-0.2, -0.15) is 11.8 Å². The van der Waals surface area contributed by atoms with Crippen LogP contribution in [0.15, 0.2) is 0 Å². The normalized spacial score (nSPS) is 18.4. The Morgan fingerprint density at radius 3 is 2.28 bits per heavy atom. The second-order valence-corrected chi connectivity index (χ2v) is 7.48. The van der Waals surface area contributed by atoms with E-state index < -0.39 is 11.5 Å². The molecule has 18 heavy (non-hydrogen) atoms. The molecule has 3 atom stereocenters. The third-order valence-corrected chi connectivity index (χ3v) is 4.92. The van der Waals surface area contributed by atoms with E-state index in [1.54, 1.807) is 6.92 Å². The summed E-state index contributed by atoms with van der Waals surface area (Å²) in [5.41, 5.74) is -0.806. The summed E-state index contributed by atoms with van der Waals surface area (Å²) in [5, 5.41) is 13.4. The largest absolute Gasteiger partial charge is 0.480 e. The minimum Gasteiger partial charge on any atom is -0.480 e. The fourth-order valence-corrected chi connectivity index (χ4v) is 3.26. The second kappa shape index (κ2) is 8.05. The van der Waals surface area contributed by atoms with Crippen molar-refractivity contribution < 1.29 is 9.90 Å². The molecule has 108 valence electrons. The van der Waals surface area contributed by atoms with E-state index in [4.69, 9.17) is 0 Å². The lowest BCUT2D eigenvalue weighted by molar-refractivity contribution is -0.144. The number of hydrogen-bond donors (Lipinski definition) is 2. The zero-order valence-corrected chi connectivity index (χ0v) is 13.4. The quantitative estimate of drug-likeness (QED) is 0.677. The highest BCUT2D eigenvalue weighted by atomic mass is 32.2. The summed E-state index contributed by atoms with van der Waals surface area (Å²) in [5.74, 6) is -0.127. The van der Waals surface area contributed by atoms with Crippen LogP contribution >= 0.6 is 11.8 Å². The van der Waals surface area contributed by atoms with E-state index in [9.17, 15) is 9.90 Å². The summed E-state index contributed by atoms with van der Waals surface area (Å²) < 4.78 is 0. The molecule has 0 rings (SSSR count). The molecule has 0 aliphatic heterocycles. The van der Waals surface area contributed by atoms with Crippen LogP contribution in [0.4, 0.5) is 0 Å². The minimum atomic E-state index is -0.806. The number of rotatable bonds is 9. The Kier molecular flexibility index (Phi) is 7.95. The Hall–Kier alpha value is -0.220. The number of thioether (sulfide) groups is 1. The minimum absolute atomic E-state index is 0.341. The monoisotopic (exact) mass is 275 g/mol. The number of nitrogens with one attached hydrogen (secondary N) is 1. The first-order valence-electron chi connectivity index (χ1n) is 6.86. The summed E-state index contributed by atoms with van der Waals surface area (Å²) in [7, 11) is 0. The van der Waals surface area contributed by atoms with Gasteiger partial charge in [-0.3, -0.25) is 4.79 Å². The number of carbonyl (C=O) groups is 1. The Morgan fingerprint density at radius 1 is 1.33 bits per heavy atom. The van der Waals surface area contributed by atoms with Crippen LogP contribution in [0.1, 0.15) is 54.4 Å². The van der Waals surface area contributed by atoms with Gasteiger partial charge in [0.05, 0.1) is 0 Å². The van der Waals surface area contributed by atoms with Gasteiger partial charge >= 0.3 is 5.97 Å². The highest BCUT2D eigenvalue weighted by molar-refractivity contribution is 8.00. The summed E-state index contributed by atoms with van der Waals surface area (Å²) in [4.78, 5) is 11.4. The standard InChI is InChI=1S/C14H29NO2S/c1-7-8-15-14(6,13(16)17)9-11(4)18-12(5)10(2)3/h10-12,15H,7-9H2,1-6H3,(H,16,17). The lowest BCUT2D eigenvalue weighted by Crippen LogP contribution is -2.51. The summed E-state index contributed by atoms with van der Waals surface area (Å²) >= 11 is 1.88. The first-order chi connectivity index (χ1) is 8.23. The van der Waals surface area contributed by atoms with Crippen LogP contribution < -0.4 is 5.32 Å². The molecular weight excluding hydrogens is 246 g/mol. The third kappa shape index (κ3) is 6.10. The summed E-state index contributed by atoms with van der Waals surface area (Å²) in [6, 6.07) is 0. The van der Waals surface area contributed by atoms with Gasteiger partial charge in [-0.1, -0.05) is 34.6 Å². The molecule has 0 spiro atoms. The van der Waals surface area contributed by atoms with Gasteiger partial charge in [0.25, 0.3) is 0 Å². The maximum atomic E-state index is 11.4. The number of carboxylic acids is 1. The first kappa shape index (κ1) is 17.8. The zero-order valence-electron chi connectivity index (χ0n) is 12.6. The fourth-order valence-electron chi connectivity index (χ4n) is 1.78. The van der Waals surface area contributed by atoms with Gasteiger partial charge in [0.2, 0.25) is 0 Å². The molecule has 0 aliphatic rings. The van der Waals surface area contributed by atoms with E-state index in [1.807, 2.05) is 18.7 Å². The highest BCUT2D eigenvalue weighted by Gasteiger charge is 2.34. The third-order valence-electron chi connectivity index (χ3n) is 3.32. The lowest BCUT2D eigenvalue weighted by Gasteiger charge is -2.30. The van der Waals surface area contributed by atoms with E-state index in [2.05, 4.69) is 33.0 Å². The molecule has 3 unspecified atom stereocenters. The van der Waals surface area contributed by atoms with Gasteiger partial charge in [0, 0.05) is 10.5 Å². The number of hydrogen-bond acceptors (Lipinski definition) is 3. The van der Waals surface area contributed by atoms with Crippen molar-refractivity contribution in [3.05, 3.63) is 0 Å². The first-order valence-corrected chi connectivity index (χ1v) is 7.81. The van der Waals surface area contributed by atoms with Crippen molar-refractivity contribution in [2.24, 2.45) is 5.92 Å². The van der Waals surface area contributed by atoms with E-state index >= 15 is 0 Å². The number of aliphatic carboxylic acids is 1. The molecule has 0 bridgehead atoms. The van der Waals surface area contributed by atoms with E-state index in [0.29, 0.717) is 22.8 Å². The molecule has 0 heterocycles. The maximum Gasteiger partial charge on any atom is 0.323 e. The van der Waals surface area contributed by atoms with Gasteiger partial charge < -0.3 is 10.4 Å². The average molecular weight is 275 g/mol. The smallest absolute Gasteiger partial charge is 0.323 e. The number of carboxylic acid groups (broad SMARTS) is 1. The Labute approximate surface area is 116 Å². The topological polar surface area (TPSA) is 49.3 Å². The molecule has 0 aromatic heterocycles. The molecular formula is C14H29NO2S. The van der Waals surface area contributed by atoms with E-state index in [0.717, 1.165) is 13.0 Å². The van der Waals surface area contributed by atoms with Crippen molar-refractivity contribution in [2.45, 2.75) is 70.4 Å². The van der Waals surface area contributed by atoms with Crippen molar-refractivity contribution in [3.8, 4) is 0 Å². The van der Waals surface area contributed by atoms with E-state index in [1.165, 1.54) is 0 Å². The Balaban J connectivity index is 4.44. The van der Waals surface area contributed by atoms with Gasteiger partial charge in [0.15, 0.2) is 0 Å². The van der Waals surface area contributed by atoms with Gasteiger partial charge in [-0.25, -0.2) is 0 Å². The molecule has 2 N–H and O–H groups in total. The molecule has 0 aromatic rings. The van der Waals surface area contributed by atoms with Crippen LogP contribution in [0.5, 0.6) is 0 Å². The summed E-state index contributed by atoms with van der Waals surface area (Å²) in [6.07, 6.45) is 1.61. The van der Waals surface area contributed by atoms with Crippen LogP contribution in [0.2, 0.25) is 0 Å². The SMILES string of the molecule is CCCNC(C)(CC(C)SC(C)C(C)C)C(=O)O. The Morgan fingerprint density at radius 2 is 1.89 bits per heavy atom. The van der Waals surface area contributed by atoms with Gasteiger partial charge in [-0.05, 0) is 32.2 Å². The maximum absolute atomic E-state index is 11.4. The van der Waals surface area contributed by atoms with Crippen molar-refractivity contribution in [1.82, 2.24) is 5.32 Å². The molecule has 0 saturated heterocycles. The van der Waals surface area contributed by atoms with Crippen LogP contribution in [0, 0.1) is 5.92 Å². The van der Waals surface area contributed by atoms with E-state index in [-0.39, 0.29) is 0 Å². The lowest BCUT2D eigenvalue weighted by atomic mass is 9.96. The molecule has 0 radical (unpaired) electrons. The van der Waals surface area contributed by atoms with Gasteiger partial charge in [0.1, 0.15) is 5.54 Å². The molecule has 4 heteroatoms. The molecule has 0 aliphatic carbocycles. The molecule has 0 saturated carbocycles. The van der Waals surface area contributed by atoms with Crippen LogP contribution in [-0.4, -0.2) is 33.7 Å². The van der Waals surface area contributed by atoms with Crippen molar-refractivity contribution in [1.29, 1.82) is 0 Å². The van der Waals surface area contributed by atoms with Crippen molar-refractivity contribution in [3.63, 3.8) is 0 Å². The van der Waals surface area contributed by atoms with Crippen LogP contribution in [-0.2, 0) is 4.79 Å². The van der Waals surface area contributed by atoms with Crippen molar-refractivity contribution in [2.75, 3.05) is 6.54 Å². The molecule has 0 aromatic carbocycles. The predicted octanol–water partition coefficient (Wildman–Crippen LogP) is 3.39. The fraction of sp³-hybridized carbons (Fsp3) is 0.929. The zero-order chi connectivity index (χ0) is 14.3. The molecule has 0 amide bonds. The highest BCUT2D eigenvalue weighted by Crippen LogP contribution is 2.29. The molecule has 0 fully saturated rings. The summed E-state index contributed by atoms with van der Waals surface area (Å²) in [6.45, 7) is 13.3. The Bertz CT molecular complexity index is 258. The molecule has 3 nitrogen and oxygen atoms in total. The van der Waals surface area contributed by atoms with Crippen molar-refractivity contribution >= 4 is 17.7 Å². The average Bonchev–Trinajstić information content (AvgIpc) is 2.25. The van der Waals surface area contributed by atoms with Crippen LogP contribution in [0.3, 0.4) is 0 Å². The van der Waals surface area contributed by atoms with Gasteiger partial charge in [-0.15, -0.1) is 0 Å². The van der Waals surface area contributed by atoms with Crippen LogP contribution in [0.25, 0.3) is 0 Å². The second-order valence-electron chi connectivity index (χ2n) is 5.66. The predicted molar refractivity (Wildman–Crippen MR) is 80.3 cm³/mol.